The fourth-order valence-corrected chi connectivity index (χ4v) is 2.24. The molecule has 19 heavy (non-hydrogen) atoms. The number of aromatic nitrogens is 2. The first kappa shape index (κ1) is 16.1. The van der Waals surface area contributed by atoms with Gasteiger partial charge in [-0.25, -0.2) is 0 Å². The summed E-state index contributed by atoms with van der Waals surface area (Å²) < 4.78 is 39.5. The minimum absolute atomic E-state index is 0.125. The summed E-state index contributed by atoms with van der Waals surface area (Å²) in [6, 6.07) is 1.20. The molecule has 0 amide bonds. The minimum atomic E-state index is -4.35. The first-order valence-corrected chi connectivity index (χ1v) is 7.05. The zero-order valence-electron chi connectivity index (χ0n) is 11.9. The van der Waals surface area contributed by atoms with Gasteiger partial charge in [-0.1, -0.05) is 39.5 Å². The van der Waals surface area contributed by atoms with Gasteiger partial charge in [0, 0.05) is 12.2 Å². The molecule has 0 N–H and O–H groups in total. The second-order valence-electron chi connectivity index (χ2n) is 5.02. The van der Waals surface area contributed by atoms with E-state index in [9.17, 15) is 13.2 Å². The predicted molar refractivity (Wildman–Crippen MR) is 70.1 cm³/mol. The Labute approximate surface area is 113 Å². The van der Waals surface area contributed by atoms with E-state index >= 15 is 0 Å². The van der Waals surface area contributed by atoms with Gasteiger partial charge in [0.1, 0.15) is 0 Å². The van der Waals surface area contributed by atoms with Gasteiger partial charge < -0.3 is 0 Å². The van der Waals surface area contributed by atoms with Crippen molar-refractivity contribution >= 4 is 0 Å². The molecule has 1 aromatic rings. The maximum absolute atomic E-state index is 12.7. The summed E-state index contributed by atoms with van der Waals surface area (Å²) >= 11 is 0. The normalized spacial score (nSPS) is 13.8. The molecule has 5 heteroatoms. The summed E-state index contributed by atoms with van der Waals surface area (Å²) in [6.45, 7) is 6.42. The predicted octanol–water partition coefficient (Wildman–Crippen LogP) is 5.00. The molecule has 2 nitrogen and oxygen atoms in total. The first-order chi connectivity index (χ1) is 8.90. The van der Waals surface area contributed by atoms with Gasteiger partial charge in [0.15, 0.2) is 5.69 Å². The van der Waals surface area contributed by atoms with E-state index in [1.165, 1.54) is 23.6 Å². The van der Waals surface area contributed by atoms with E-state index < -0.39 is 11.9 Å². The summed E-state index contributed by atoms with van der Waals surface area (Å²) in [5, 5.41) is 3.66. The second kappa shape index (κ2) is 6.96. The lowest BCUT2D eigenvalue weighted by Crippen LogP contribution is -2.08. The van der Waals surface area contributed by atoms with Crippen LogP contribution in [0.25, 0.3) is 0 Å². The highest BCUT2D eigenvalue weighted by atomic mass is 19.4. The van der Waals surface area contributed by atoms with E-state index in [1.54, 1.807) is 0 Å². The highest BCUT2D eigenvalue weighted by molar-refractivity contribution is 5.16. The van der Waals surface area contributed by atoms with Crippen molar-refractivity contribution in [1.29, 1.82) is 0 Å². The van der Waals surface area contributed by atoms with E-state index in [4.69, 9.17) is 0 Å². The number of hydrogen-bond acceptors (Lipinski definition) is 1. The van der Waals surface area contributed by atoms with Crippen molar-refractivity contribution in [3.63, 3.8) is 0 Å². The van der Waals surface area contributed by atoms with Crippen LogP contribution in [0, 0.1) is 0 Å². The monoisotopic (exact) mass is 276 g/mol. The van der Waals surface area contributed by atoms with Crippen LogP contribution in [0.2, 0.25) is 0 Å². The van der Waals surface area contributed by atoms with Crippen LogP contribution in [0.3, 0.4) is 0 Å². The number of hydrogen-bond donors (Lipinski definition) is 0. The number of rotatable bonds is 7. The zero-order chi connectivity index (χ0) is 14.5. The Morgan fingerprint density at radius 1 is 1.21 bits per heavy atom. The van der Waals surface area contributed by atoms with Crippen LogP contribution in [-0.2, 0) is 12.7 Å². The number of nitrogens with zero attached hydrogens (tertiary/aromatic N) is 2. The second-order valence-corrected chi connectivity index (χ2v) is 5.02. The minimum Gasteiger partial charge on any atom is -0.269 e. The van der Waals surface area contributed by atoms with Crippen LogP contribution >= 0.6 is 0 Å². The molecule has 0 fully saturated rings. The van der Waals surface area contributed by atoms with Crippen LogP contribution < -0.4 is 0 Å². The third kappa shape index (κ3) is 4.55. The van der Waals surface area contributed by atoms with Gasteiger partial charge in [0.2, 0.25) is 0 Å². The van der Waals surface area contributed by atoms with Crippen molar-refractivity contribution in [2.45, 2.75) is 71.5 Å². The molecule has 1 atom stereocenters. The van der Waals surface area contributed by atoms with E-state index in [1.807, 2.05) is 13.8 Å². The van der Waals surface area contributed by atoms with Crippen LogP contribution in [0.15, 0.2) is 6.07 Å². The average molecular weight is 276 g/mol. The highest BCUT2D eigenvalue weighted by Crippen LogP contribution is 2.31. The van der Waals surface area contributed by atoms with Crippen molar-refractivity contribution < 1.29 is 13.2 Å². The molecule has 1 heterocycles. The third-order valence-electron chi connectivity index (χ3n) is 3.40. The maximum Gasteiger partial charge on any atom is 0.435 e. The van der Waals surface area contributed by atoms with Gasteiger partial charge in [0.05, 0.1) is 0 Å². The Hall–Kier alpha value is -1.00. The Morgan fingerprint density at radius 2 is 1.89 bits per heavy atom. The average Bonchev–Trinajstić information content (AvgIpc) is 2.78. The SMILES string of the molecule is CCCCCCC(C)c1cc(C(F)(F)F)nn1CC. The van der Waals surface area contributed by atoms with E-state index in [0.29, 0.717) is 12.2 Å². The smallest absolute Gasteiger partial charge is 0.269 e. The largest absolute Gasteiger partial charge is 0.435 e. The van der Waals surface area contributed by atoms with Gasteiger partial charge in [0.25, 0.3) is 0 Å². The van der Waals surface area contributed by atoms with Crippen molar-refractivity contribution in [3.8, 4) is 0 Å². The Morgan fingerprint density at radius 3 is 2.42 bits per heavy atom. The number of halogens is 3. The van der Waals surface area contributed by atoms with Gasteiger partial charge >= 0.3 is 6.18 Å². The van der Waals surface area contributed by atoms with Crippen molar-refractivity contribution in [1.82, 2.24) is 9.78 Å². The number of unbranched alkanes of at least 4 members (excludes halogenated alkanes) is 3. The highest BCUT2D eigenvalue weighted by Gasteiger charge is 2.35. The Balaban J connectivity index is 2.72. The molecule has 1 unspecified atom stereocenters. The lowest BCUT2D eigenvalue weighted by molar-refractivity contribution is -0.141. The van der Waals surface area contributed by atoms with E-state index in [0.717, 1.165) is 19.3 Å². The molecule has 0 aliphatic heterocycles. The van der Waals surface area contributed by atoms with Crippen LogP contribution in [0.1, 0.15) is 70.2 Å². The molecule has 110 valence electrons. The molecule has 0 spiro atoms. The van der Waals surface area contributed by atoms with Crippen molar-refractivity contribution in [2.75, 3.05) is 0 Å². The third-order valence-corrected chi connectivity index (χ3v) is 3.40. The Kier molecular flexibility index (Phi) is 5.88. The molecular formula is C14H23F3N2. The summed E-state index contributed by atoms with van der Waals surface area (Å²) in [5.74, 6) is 0.125. The van der Waals surface area contributed by atoms with Gasteiger partial charge in [-0.05, 0) is 25.3 Å². The standard InChI is InChI=1S/C14H23F3N2/c1-4-6-7-8-9-11(3)12-10-13(14(15,16)17)18-19(12)5-2/h10-11H,4-9H2,1-3H3. The molecule has 0 saturated carbocycles. The molecule has 0 radical (unpaired) electrons. The van der Waals surface area contributed by atoms with Crippen molar-refractivity contribution in [3.05, 3.63) is 17.5 Å². The molecule has 0 saturated heterocycles. The number of alkyl halides is 3. The Bertz CT molecular complexity index is 383. The zero-order valence-corrected chi connectivity index (χ0v) is 11.9. The quantitative estimate of drug-likeness (QED) is 0.641. The summed E-state index contributed by atoms with van der Waals surface area (Å²) in [4.78, 5) is 0. The number of aryl methyl sites for hydroxylation is 1. The lowest BCUT2D eigenvalue weighted by Gasteiger charge is -2.12. The molecule has 1 aromatic heterocycles. The van der Waals surface area contributed by atoms with Crippen molar-refractivity contribution in [2.24, 2.45) is 0 Å². The fourth-order valence-electron chi connectivity index (χ4n) is 2.24. The van der Waals surface area contributed by atoms with Gasteiger partial charge in [-0.3, -0.25) is 4.68 Å². The summed E-state index contributed by atoms with van der Waals surface area (Å²) in [7, 11) is 0. The van der Waals surface area contributed by atoms with E-state index in [2.05, 4.69) is 12.0 Å². The summed E-state index contributed by atoms with van der Waals surface area (Å²) in [6.07, 6.45) is 1.13. The van der Waals surface area contributed by atoms with Crippen LogP contribution in [0.4, 0.5) is 13.2 Å². The van der Waals surface area contributed by atoms with Gasteiger partial charge in [-0.2, -0.15) is 18.3 Å². The van der Waals surface area contributed by atoms with Gasteiger partial charge in [-0.15, -0.1) is 0 Å². The first-order valence-electron chi connectivity index (χ1n) is 7.05. The molecule has 0 aliphatic rings. The fraction of sp³-hybridized carbons (Fsp3) is 0.786. The summed E-state index contributed by atoms with van der Waals surface area (Å²) in [5.41, 5.74) is -0.0731. The van der Waals surface area contributed by atoms with Crippen LogP contribution in [0.5, 0.6) is 0 Å². The van der Waals surface area contributed by atoms with E-state index in [-0.39, 0.29) is 5.92 Å². The maximum atomic E-state index is 12.7. The molecule has 0 aromatic carbocycles. The lowest BCUT2D eigenvalue weighted by atomic mass is 9.99. The topological polar surface area (TPSA) is 17.8 Å². The molecule has 0 aliphatic carbocycles. The molecule has 0 bridgehead atoms. The van der Waals surface area contributed by atoms with Crippen LogP contribution in [-0.4, -0.2) is 9.78 Å². The molecule has 1 rings (SSSR count). The molecular weight excluding hydrogens is 253 g/mol.